The maximum atomic E-state index is 10.8. The number of hydrogen-bond acceptors (Lipinski definition) is 3. The summed E-state index contributed by atoms with van der Waals surface area (Å²) in [7, 11) is 0. The van der Waals surface area contributed by atoms with E-state index in [1.807, 2.05) is 0 Å². The Bertz CT molecular complexity index is 121. The summed E-state index contributed by atoms with van der Waals surface area (Å²) in [5, 5.41) is 8.37. The average Bonchev–Trinajstić information content (AvgIpc) is 2.01. The minimum atomic E-state index is 0.0611. The second kappa shape index (κ2) is 7.41. The minimum absolute atomic E-state index is 0.0611. The Morgan fingerprint density at radius 2 is 1.91 bits per heavy atom. The fraction of sp³-hybridized carbons (Fsp3) is 0.750. The lowest BCUT2D eigenvalue weighted by molar-refractivity contribution is -0.119. The number of hydrogen-bond donors (Lipinski definition) is 1. The van der Waals surface area contributed by atoms with Crippen LogP contribution in [-0.2, 0) is 9.59 Å². The molecule has 0 aliphatic rings. The van der Waals surface area contributed by atoms with Crippen LogP contribution in [0.1, 0.15) is 32.1 Å². The zero-order chi connectivity index (χ0) is 8.53. The van der Waals surface area contributed by atoms with Crippen molar-refractivity contribution in [3.05, 3.63) is 0 Å². The number of Topliss-reactive ketones (excluding diaryl/α,β-unsaturated/α-hetero) is 1. The van der Waals surface area contributed by atoms with Crippen molar-refractivity contribution in [2.45, 2.75) is 32.1 Å². The van der Waals surface area contributed by atoms with Gasteiger partial charge in [0.25, 0.3) is 0 Å². The molecule has 3 heteroatoms. The summed E-state index contributed by atoms with van der Waals surface area (Å²) in [5.41, 5.74) is 0. The van der Waals surface area contributed by atoms with Gasteiger partial charge in [-0.25, -0.2) is 0 Å². The summed E-state index contributed by atoms with van der Waals surface area (Å²) >= 11 is 0. The molecule has 1 radical (unpaired) electrons. The van der Waals surface area contributed by atoms with Gasteiger partial charge in [-0.2, -0.15) is 0 Å². The van der Waals surface area contributed by atoms with E-state index >= 15 is 0 Å². The van der Waals surface area contributed by atoms with Crippen LogP contribution in [0, 0.1) is 0 Å². The minimum Gasteiger partial charge on any atom is -0.396 e. The molecule has 3 nitrogen and oxygen atoms in total. The first-order valence-electron chi connectivity index (χ1n) is 3.79. The highest BCUT2D eigenvalue weighted by Crippen LogP contribution is 1.99. The molecule has 0 heterocycles. The van der Waals surface area contributed by atoms with Gasteiger partial charge in [-0.15, -0.1) is 0 Å². The van der Waals surface area contributed by atoms with E-state index in [0.29, 0.717) is 32.1 Å². The first kappa shape index (κ1) is 10.3. The molecule has 0 aromatic carbocycles. The first-order chi connectivity index (χ1) is 5.31. The molecule has 0 saturated heterocycles. The van der Waals surface area contributed by atoms with Crippen molar-refractivity contribution < 1.29 is 14.7 Å². The third-order valence-corrected chi connectivity index (χ3v) is 1.35. The predicted molar refractivity (Wildman–Crippen MR) is 40.9 cm³/mol. The van der Waals surface area contributed by atoms with Crippen LogP contribution in [0.25, 0.3) is 0 Å². The summed E-state index contributed by atoms with van der Waals surface area (Å²) in [4.78, 5) is 20.6. The lowest BCUT2D eigenvalue weighted by Crippen LogP contribution is -1.99. The van der Waals surface area contributed by atoms with Crippen molar-refractivity contribution in [1.82, 2.24) is 0 Å². The largest absolute Gasteiger partial charge is 0.396 e. The second-order valence-corrected chi connectivity index (χ2v) is 2.36. The van der Waals surface area contributed by atoms with Crippen LogP contribution in [0.4, 0.5) is 0 Å². The number of unbranched alkanes of at least 4 members (excludes halogenated alkanes) is 1. The molecular formula is C8H13O3. The summed E-state index contributed by atoms with van der Waals surface area (Å²) in [6.07, 6.45) is 4.05. The lowest BCUT2D eigenvalue weighted by Gasteiger charge is -1.95. The van der Waals surface area contributed by atoms with Gasteiger partial charge in [0.05, 0.1) is 0 Å². The van der Waals surface area contributed by atoms with Crippen molar-refractivity contribution in [3.63, 3.8) is 0 Å². The number of carbonyl (C=O) groups is 1. The SMILES string of the molecule is O=[C]CCCC(=O)CCCO. The Hall–Kier alpha value is -0.700. The Kier molecular flexibility index (Phi) is 6.94. The van der Waals surface area contributed by atoms with Crippen LogP contribution in [0.5, 0.6) is 0 Å². The Balaban J connectivity index is 3.15. The van der Waals surface area contributed by atoms with Gasteiger partial charge in [-0.3, -0.25) is 9.59 Å². The van der Waals surface area contributed by atoms with Gasteiger partial charge in [0.2, 0.25) is 0 Å². The Morgan fingerprint density at radius 1 is 1.27 bits per heavy atom. The summed E-state index contributed by atoms with van der Waals surface area (Å²) in [6, 6.07) is 0. The molecule has 0 rings (SSSR count). The van der Waals surface area contributed by atoms with Gasteiger partial charge < -0.3 is 5.11 Å². The van der Waals surface area contributed by atoms with Crippen molar-refractivity contribution in [2.24, 2.45) is 0 Å². The molecule has 0 saturated carbocycles. The van der Waals surface area contributed by atoms with Gasteiger partial charge >= 0.3 is 0 Å². The van der Waals surface area contributed by atoms with Gasteiger partial charge in [0, 0.05) is 25.9 Å². The van der Waals surface area contributed by atoms with Gasteiger partial charge in [-0.05, 0) is 12.8 Å². The highest BCUT2D eigenvalue weighted by Gasteiger charge is 1.99. The lowest BCUT2D eigenvalue weighted by atomic mass is 10.1. The summed E-state index contributed by atoms with van der Waals surface area (Å²) in [6.45, 7) is 0.0611. The number of aliphatic hydroxyl groups is 1. The van der Waals surface area contributed by atoms with E-state index in [2.05, 4.69) is 0 Å². The molecule has 0 unspecified atom stereocenters. The quantitative estimate of drug-likeness (QED) is 0.551. The molecular weight excluding hydrogens is 144 g/mol. The van der Waals surface area contributed by atoms with Crippen LogP contribution in [-0.4, -0.2) is 23.8 Å². The molecule has 0 fully saturated rings. The van der Waals surface area contributed by atoms with Crippen LogP contribution in [0.15, 0.2) is 0 Å². The number of carbonyl (C=O) groups excluding carboxylic acids is 2. The predicted octanol–water partition coefficient (Wildman–Crippen LogP) is 0.608. The van der Waals surface area contributed by atoms with E-state index in [1.54, 1.807) is 6.29 Å². The number of ketones is 1. The van der Waals surface area contributed by atoms with Crippen LogP contribution >= 0.6 is 0 Å². The molecule has 0 aliphatic carbocycles. The summed E-state index contributed by atoms with van der Waals surface area (Å²) in [5.74, 6) is 0.120. The molecule has 0 aromatic heterocycles. The highest BCUT2D eigenvalue weighted by molar-refractivity contribution is 5.78. The average molecular weight is 157 g/mol. The van der Waals surface area contributed by atoms with Crippen molar-refractivity contribution >= 4 is 12.1 Å². The molecule has 0 spiro atoms. The zero-order valence-corrected chi connectivity index (χ0v) is 6.51. The van der Waals surface area contributed by atoms with Crippen molar-refractivity contribution in [2.75, 3.05) is 6.61 Å². The Labute approximate surface area is 66.4 Å². The van der Waals surface area contributed by atoms with E-state index in [1.165, 1.54) is 0 Å². The normalized spacial score (nSPS) is 9.55. The van der Waals surface area contributed by atoms with Crippen molar-refractivity contribution in [1.29, 1.82) is 0 Å². The highest BCUT2D eigenvalue weighted by atomic mass is 16.3. The van der Waals surface area contributed by atoms with Gasteiger partial charge in [0.15, 0.2) is 6.29 Å². The third-order valence-electron chi connectivity index (χ3n) is 1.35. The first-order valence-corrected chi connectivity index (χ1v) is 3.79. The summed E-state index contributed by atoms with van der Waals surface area (Å²) < 4.78 is 0. The van der Waals surface area contributed by atoms with Crippen LogP contribution in [0.2, 0.25) is 0 Å². The maximum Gasteiger partial charge on any atom is 0.198 e. The monoisotopic (exact) mass is 157 g/mol. The van der Waals surface area contributed by atoms with E-state index < -0.39 is 0 Å². The fourth-order valence-electron chi connectivity index (χ4n) is 0.759. The second-order valence-electron chi connectivity index (χ2n) is 2.36. The molecule has 63 valence electrons. The van der Waals surface area contributed by atoms with E-state index in [-0.39, 0.29) is 12.4 Å². The molecule has 11 heavy (non-hydrogen) atoms. The third kappa shape index (κ3) is 7.19. The molecule has 0 aromatic rings. The number of aliphatic hydroxyl groups excluding tert-OH is 1. The molecule has 1 N–H and O–H groups in total. The Morgan fingerprint density at radius 3 is 2.45 bits per heavy atom. The van der Waals surface area contributed by atoms with E-state index in [9.17, 15) is 9.59 Å². The van der Waals surface area contributed by atoms with Crippen molar-refractivity contribution in [3.8, 4) is 0 Å². The molecule has 0 bridgehead atoms. The number of rotatable bonds is 7. The maximum absolute atomic E-state index is 10.8. The van der Waals surface area contributed by atoms with Gasteiger partial charge in [-0.1, -0.05) is 0 Å². The van der Waals surface area contributed by atoms with Crippen LogP contribution in [0.3, 0.4) is 0 Å². The smallest absolute Gasteiger partial charge is 0.198 e. The molecule has 0 atom stereocenters. The van der Waals surface area contributed by atoms with E-state index in [4.69, 9.17) is 5.11 Å². The molecule has 0 aliphatic heterocycles. The topological polar surface area (TPSA) is 54.4 Å². The standard InChI is InChI=1S/C8H13O3/c9-6-2-1-4-8(11)5-3-7-10/h10H,1-5,7H2. The van der Waals surface area contributed by atoms with E-state index in [0.717, 1.165) is 0 Å². The van der Waals surface area contributed by atoms with Gasteiger partial charge in [0.1, 0.15) is 5.78 Å². The molecule has 0 amide bonds. The van der Waals surface area contributed by atoms with Crippen LogP contribution < -0.4 is 0 Å². The zero-order valence-electron chi connectivity index (χ0n) is 6.51. The fourth-order valence-corrected chi connectivity index (χ4v) is 0.759.